The first-order chi connectivity index (χ1) is 12.2. The number of amides is 1. The Labute approximate surface area is 150 Å². The topological polar surface area (TPSA) is 35.6 Å². The second-order valence-corrected chi connectivity index (χ2v) is 6.52. The van der Waals surface area contributed by atoms with Crippen LogP contribution in [0.2, 0.25) is 0 Å². The van der Waals surface area contributed by atoms with Crippen LogP contribution in [0.15, 0.2) is 54.6 Å². The minimum absolute atomic E-state index is 0.0883. The molecule has 1 aliphatic rings. The van der Waals surface area contributed by atoms with Gasteiger partial charge in [-0.05, 0) is 29.8 Å². The number of nitrogens with one attached hydrogen (secondary N) is 1. The lowest BCUT2D eigenvalue weighted by Crippen LogP contribution is -2.46. The lowest BCUT2D eigenvalue weighted by molar-refractivity contribution is -0.116. The van der Waals surface area contributed by atoms with Gasteiger partial charge in [0.05, 0.1) is 0 Å². The van der Waals surface area contributed by atoms with Crippen LogP contribution in [0.1, 0.15) is 13.3 Å². The molecule has 1 amide bonds. The SMILES string of the molecule is CCN1CCN(CCC(=O)Nc2ccc(-c3ccccc3)cc2)CC1. The van der Waals surface area contributed by atoms with Gasteiger partial charge in [-0.3, -0.25) is 4.79 Å². The monoisotopic (exact) mass is 337 g/mol. The van der Waals surface area contributed by atoms with Crippen molar-refractivity contribution in [2.45, 2.75) is 13.3 Å². The molecule has 0 atom stereocenters. The maximum atomic E-state index is 12.2. The van der Waals surface area contributed by atoms with Crippen LogP contribution in [0, 0.1) is 0 Å². The van der Waals surface area contributed by atoms with Crippen molar-refractivity contribution in [3.63, 3.8) is 0 Å². The first-order valence-electron chi connectivity index (χ1n) is 9.14. The third kappa shape index (κ3) is 5.15. The molecule has 0 bridgehead atoms. The van der Waals surface area contributed by atoms with E-state index in [1.165, 1.54) is 5.56 Å². The van der Waals surface area contributed by atoms with Crippen molar-refractivity contribution in [2.24, 2.45) is 0 Å². The zero-order valence-corrected chi connectivity index (χ0v) is 14.9. The van der Waals surface area contributed by atoms with Gasteiger partial charge in [0, 0.05) is 44.8 Å². The quantitative estimate of drug-likeness (QED) is 0.878. The van der Waals surface area contributed by atoms with Crippen molar-refractivity contribution in [2.75, 3.05) is 44.6 Å². The van der Waals surface area contributed by atoms with Crippen molar-refractivity contribution in [1.82, 2.24) is 9.80 Å². The lowest BCUT2D eigenvalue weighted by atomic mass is 10.1. The van der Waals surface area contributed by atoms with Gasteiger partial charge in [0.1, 0.15) is 0 Å². The highest BCUT2D eigenvalue weighted by molar-refractivity contribution is 5.91. The van der Waals surface area contributed by atoms with E-state index in [9.17, 15) is 4.79 Å². The normalized spacial score (nSPS) is 15.9. The van der Waals surface area contributed by atoms with Gasteiger partial charge in [-0.2, -0.15) is 0 Å². The second-order valence-electron chi connectivity index (χ2n) is 6.52. The molecule has 1 aliphatic heterocycles. The fourth-order valence-electron chi connectivity index (χ4n) is 3.19. The van der Waals surface area contributed by atoms with E-state index in [2.05, 4.69) is 46.3 Å². The molecule has 4 nitrogen and oxygen atoms in total. The Morgan fingerprint density at radius 3 is 2.12 bits per heavy atom. The summed E-state index contributed by atoms with van der Waals surface area (Å²) in [5.74, 6) is 0.0883. The molecule has 3 rings (SSSR count). The highest BCUT2D eigenvalue weighted by atomic mass is 16.1. The maximum absolute atomic E-state index is 12.2. The second kappa shape index (κ2) is 8.79. The molecule has 2 aromatic rings. The van der Waals surface area contributed by atoms with Crippen molar-refractivity contribution in [3.05, 3.63) is 54.6 Å². The average Bonchev–Trinajstić information content (AvgIpc) is 2.68. The van der Waals surface area contributed by atoms with Crippen molar-refractivity contribution >= 4 is 11.6 Å². The smallest absolute Gasteiger partial charge is 0.225 e. The molecular formula is C21H27N3O. The van der Waals surface area contributed by atoms with Crippen LogP contribution in [0.3, 0.4) is 0 Å². The Morgan fingerprint density at radius 1 is 0.880 bits per heavy atom. The van der Waals surface area contributed by atoms with Crippen LogP contribution in [0.4, 0.5) is 5.69 Å². The molecule has 0 radical (unpaired) electrons. The van der Waals surface area contributed by atoms with Gasteiger partial charge in [0.15, 0.2) is 0 Å². The van der Waals surface area contributed by atoms with E-state index in [4.69, 9.17) is 0 Å². The Hall–Kier alpha value is -2.17. The summed E-state index contributed by atoms with van der Waals surface area (Å²) in [6.45, 7) is 8.50. The molecule has 1 N–H and O–H groups in total. The Balaban J connectivity index is 1.45. The average molecular weight is 337 g/mol. The molecule has 1 saturated heterocycles. The molecule has 0 unspecified atom stereocenters. The minimum atomic E-state index is 0.0883. The van der Waals surface area contributed by atoms with E-state index in [0.717, 1.165) is 50.5 Å². The Kier molecular flexibility index (Phi) is 6.20. The number of rotatable bonds is 6. The van der Waals surface area contributed by atoms with Crippen LogP contribution < -0.4 is 5.32 Å². The Morgan fingerprint density at radius 2 is 1.48 bits per heavy atom. The Bertz CT molecular complexity index is 661. The number of hydrogen-bond donors (Lipinski definition) is 1. The standard InChI is InChI=1S/C21H27N3O/c1-2-23-14-16-24(17-15-23)13-12-21(25)22-20-10-8-19(9-11-20)18-6-4-3-5-7-18/h3-11H,2,12-17H2,1H3,(H,22,25). The van der Waals surface area contributed by atoms with Gasteiger partial charge in [0.2, 0.25) is 5.91 Å². The first kappa shape index (κ1) is 17.6. The number of carbonyl (C=O) groups is 1. The number of nitrogens with zero attached hydrogens (tertiary/aromatic N) is 2. The summed E-state index contributed by atoms with van der Waals surface area (Å²) in [5.41, 5.74) is 3.21. The molecule has 25 heavy (non-hydrogen) atoms. The molecular weight excluding hydrogens is 310 g/mol. The van der Waals surface area contributed by atoms with Gasteiger partial charge in [-0.15, -0.1) is 0 Å². The minimum Gasteiger partial charge on any atom is -0.326 e. The highest BCUT2D eigenvalue weighted by Gasteiger charge is 2.16. The third-order valence-corrected chi connectivity index (χ3v) is 4.84. The molecule has 0 aromatic heterocycles. The summed E-state index contributed by atoms with van der Waals surface area (Å²) in [4.78, 5) is 17.0. The van der Waals surface area contributed by atoms with Gasteiger partial charge in [-0.1, -0.05) is 49.4 Å². The summed E-state index contributed by atoms with van der Waals surface area (Å²) in [7, 11) is 0. The summed E-state index contributed by atoms with van der Waals surface area (Å²) < 4.78 is 0. The molecule has 0 spiro atoms. The fourth-order valence-corrected chi connectivity index (χ4v) is 3.19. The number of anilines is 1. The van der Waals surface area contributed by atoms with E-state index >= 15 is 0 Å². The molecule has 1 fully saturated rings. The summed E-state index contributed by atoms with van der Waals surface area (Å²) in [5, 5.41) is 3.00. The summed E-state index contributed by atoms with van der Waals surface area (Å²) in [6.07, 6.45) is 0.548. The van der Waals surface area contributed by atoms with Crippen molar-refractivity contribution in [1.29, 1.82) is 0 Å². The molecule has 0 aliphatic carbocycles. The highest BCUT2D eigenvalue weighted by Crippen LogP contribution is 2.21. The number of hydrogen-bond acceptors (Lipinski definition) is 3. The van der Waals surface area contributed by atoms with Crippen molar-refractivity contribution in [3.8, 4) is 11.1 Å². The van der Waals surface area contributed by atoms with E-state index < -0.39 is 0 Å². The summed E-state index contributed by atoms with van der Waals surface area (Å²) in [6, 6.07) is 18.3. The van der Waals surface area contributed by atoms with Gasteiger partial charge in [0.25, 0.3) is 0 Å². The number of piperazine rings is 1. The largest absolute Gasteiger partial charge is 0.326 e. The predicted molar refractivity (Wildman–Crippen MR) is 104 cm³/mol. The maximum Gasteiger partial charge on any atom is 0.225 e. The van der Waals surface area contributed by atoms with Crippen LogP contribution in [-0.2, 0) is 4.79 Å². The van der Waals surface area contributed by atoms with E-state index in [1.807, 2.05) is 30.3 Å². The number of likely N-dealkylation sites (N-methyl/N-ethyl adjacent to an activating group) is 1. The predicted octanol–water partition coefficient (Wildman–Crippen LogP) is 3.32. The van der Waals surface area contributed by atoms with Crippen LogP contribution >= 0.6 is 0 Å². The lowest BCUT2D eigenvalue weighted by Gasteiger charge is -2.33. The molecule has 0 saturated carbocycles. The number of benzene rings is 2. The van der Waals surface area contributed by atoms with Crippen LogP contribution in [-0.4, -0.2) is 55.0 Å². The van der Waals surface area contributed by atoms with Gasteiger partial charge in [-0.25, -0.2) is 0 Å². The molecule has 132 valence electrons. The zero-order valence-electron chi connectivity index (χ0n) is 14.9. The van der Waals surface area contributed by atoms with Crippen LogP contribution in [0.25, 0.3) is 11.1 Å². The zero-order chi connectivity index (χ0) is 17.5. The first-order valence-corrected chi connectivity index (χ1v) is 9.14. The van der Waals surface area contributed by atoms with Gasteiger partial charge < -0.3 is 15.1 Å². The third-order valence-electron chi connectivity index (χ3n) is 4.84. The molecule has 4 heteroatoms. The van der Waals surface area contributed by atoms with E-state index in [0.29, 0.717) is 6.42 Å². The fraction of sp³-hybridized carbons (Fsp3) is 0.381. The van der Waals surface area contributed by atoms with E-state index in [-0.39, 0.29) is 5.91 Å². The van der Waals surface area contributed by atoms with Crippen molar-refractivity contribution < 1.29 is 4.79 Å². The van der Waals surface area contributed by atoms with Crippen LogP contribution in [0.5, 0.6) is 0 Å². The van der Waals surface area contributed by atoms with E-state index in [1.54, 1.807) is 0 Å². The number of carbonyl (C=O) groups excluding carboxylic acids is 1. The molecule has 1 heterocycles. The summed E-state index contributed by atoms with van der Waals surface area (Å²) >= 11 is 0. The van der Waals surface area contributed by atoms with Gasteiger partial charge >= 0.3 is 0 Å². The molecule has 2 aromatic carbocycles.